The monoisotopic (exact) mass is 221 g/mol. The summed E-state index contributed by atoms with van der Waals surface area (Å²) in [4.78, 5) is 6.88. The molecule has 0 saturated heterocycles. The average Bonchev–Trinajstić information content (AvgIpc) is 2.17. The second-order valence-corrected chi connectivity index (χ2v) is 2.99. The summed E-state index contributed by atoms with van der Waals surface area (Å²) in [5.41, 5.74) is -1.01. The molecule has 84 valence electrons. The van der Waals surface area contributed by atoms with Crippen molar-refractivity contribution < 1.29 is 18.3 Å². The highest BCUT2D eigenvalue weighted by molar-refractivity contribution is 5.27. The number of nitrogens with one attached hydrogen (secondary N) is 1. The zero-order chi connectivity index (χ0) is 11.5. The van der Waals surface area contributed by atoms with Crippen molar-refractivity contribution in [1.29, 1.82) is 0 Å². The Hall–Kier alpha value is -1.37. The zero-order valence-corrected chi connectivity index (χ0v) is 7.91. The number of aromatic nitrogens is 2. The number of aliphatic hydroxyl groups is 1. The van der Waals surface area contributed by atoms with E-state index < -0.39 is 17.9 Å². The van der Waals surface area contributed by atoms with Crippen LogP contribution in [0.15, 0.2) is 12.3 Å². The lowest BCUT2D eigenvalue weighted by molar-refractivity contribution is -0.141. The van der Waals surface area contributed by atoms with Crippen LogP contribution in [0.2, 0.25) is 0 Å². The Labute approximate surface area is 84.2 Å². The van der Waals surface area contributed by atoms with E-state index in [-0.39, 0.29) is 12.6 Å². The SMILES string of the molecule is C[C@H](CO)Nc1nccc(C(F)(F)F)n1. The topological polar surface area (TPSA) is 58.0 Å². The third-order valence-corrected chi connectivity index (χ3v) is 1.60. The van der Waals surface area contributed by atoms with Gasteiger partial charge in [-0.1, -0.05) is 0 Å². The molecule has 1 heterocycles. The molecule has 0 aliphatic rings. The van der Waals surface area contributed by atoms with Crippen LogP contribution >= 0.6 is 0 Å². The molecule has 1 aromatic rings. The van der Waals surface area contributed by atoms with Gasteiger partial charge in [0.1, 0.15) is 5.69 Å². The maximum absolute atomic E-state index is 12.2. The molecule has 0 aliphatic carbocycles. The molecule has 0 unspecified atom stereocenters. The van der Waals surface area contributed by atoms with Gasteiger partial charge in [-0.05, 0) is 13.0 Å². The van der Waals surface area contributed by atoms with Gasteiger partial charge in [-0.3, -0.25) is 0 Å². The van der Waals surface area contributed by atoms with E-state index in [1.54, 1.807) is 6.92 Å². The number of hydrogen-bond donors (Lipinski definition) is 2. The van der Waals surface area contributed by atoms with Crippen LogP contribution in [-0.2, 0) is 6.18 Å². The molecule has 1 aromatic heterocycles. The lowest BCUT2D eigenvalue weighted by Crippen LogP contribution is -2.21. The van der Waals surface area contributed by atoms with Crippen molar-refractivity contribution in [3.8, 4) is 0 Å². The number of alkyl halides is 3. The van der Waals surface area contributed by atoms with Gasteiger partial charge in [0.25, 0.3) is 0 Å². The fraction of sp³-hybridized carbons (Fsp3) is 0.500. The summed E-state index contributed by atoms with van der Waals surface area (Å²) in [5, 5.41) is 11.2. The molecule has 0 radical (unpaired) electrons. The number of halogens is 3. The lowest BCUT2D eigenvalue weighted by atomic mass is 10.3. The van der Waals surface area contributed by atoms with Crippen LogP contribution in [0, 0.1) is 0 Å². The largest absolute Gasteiger partial charge is 0.433 e. The number of hydrogen-bond acceptors (Lipinski definition) is 4. The van der Waals surface area contributed by atoms with Crippen molar-refractivity contribution in [2.45, 2.75) is 19.1 Å². The highest BCUT2D eigenvalue weighted by Crippen LogP contribution is 2.27. The van der Waals surface area contributed by atoms with Crippen molar-refractivity contribution in [1.82, 2.24) is 9.97 Å². The molecule has 0 spiro atoms. The molecule has 2 N–H and O–H groups in total. The molecule has 0 fully saturated rings. The van der Waals surface area contributed by atoms with E-state index >= 15 is 0 Å². The first-order chi connectivity index (χ1) is 6.93. The van der Waals surface area contributed by atoms with Crippen LogP contribution in [0.1, 0.15) is 12.6 Å². The Morgan fingerprint density at radius 3 is 2.73 bits per heavy atom. The molecule has 0 amide bonds. The van der Waals surface area contributed by atoms with E-state index in [1.807, 2.05) is 0 Å². The van der Waals surface area contributed by atoms with Crippen molar-refractivity contribution in [2.75, 3.05) is 11.9 Å². The molecule has 4 nitrogen and oxygen atoms in total. The second kappa shape index (κ2) is 4.43. The summed E-state index contributed by atoms with van der Waals surface area (Å²) in [6.07, 6.45) is -3.47. The Bertz CT molecular complexity index is 329. The molecule has 7 heteroatoms. The average molecular weight is 221 g/mol. The Kier molecular flexibility index (Phi) is 3.46. The van der Waals surface area contributed by atoms with Crippen molar-refractivity contribution >= 4 is 5.95 Å². The summed E-state index contributed by atoms with van der Waals surface area (Å²) in [5.74, 6) is -0.147. The van der Waals surface area contributed by atoms with Crippen molar-refractivity contribution in [2.24, 2.45) is 0 Å². The van der Waals surface area contributed by atoms with Crippen LogP contribution in [0.5, 0.6) is 0 Å². The van der Waals surface area contributed by atoms with E-state index in [9.17, 15) is 13.2 Å². The van der Waals surface area contributed by atoms with E-state index in [0.717, 1.165) is 12.3 Å². The van der Waals surface area contributed by atoms with Crippen molar-refractivity contribution in [3.05, 3.63) is 18.0 Å². The first-order valence-corrected chi connectivity index (χ1v) is 4.21. The van der Waals surface area contributed by atoms with Gasteiger partial charge in [0, 0.05) is 12.2 Å². The summed E-state index contributed by atoms with van der Waals surface area (Å²) in [6.45, 7) is 1.39. The van der Waals surface area contributed by atoms with Gasteiger partial charge < -0.3 is 10.4 Å². The van der Waals surface area contributed by atoms with E-state index in [2.05, 4.69) is 15.3 Å². The maximum atomic E-state index is 12.2. The first kappa shape index (κ1) is 11.7. The van der Waals surface area contributed by atoms with Crippen LogP contribution in [-0.4, -0.2) is 27.7 Å². The third kappa shape index (κ3) is 3.35. The molecule has 15 heavy (non-hydrogen) atoms. The molecule has 0 bridgehead atoms. The summed E-state index contributed by atoms with van der Waals surface area (Å²) in [7, 11) is 0. The van der Waals surface area contributed by atoms with Gasteiger partial charge in [-0.15, -0.1) is 0 Å². The summed E-state index contributed by atoms with van der Waals surface area (Å²) < 4.78 is 36.7. The molecular formula is C8H10F3N3O. The lowest BCUT2D eigenvalue weighted by Gasteiger charge is -2.11. The number of aliphatic hydroxyl groups excluding tert-OH is 1. The normalized spacial score (nSPS) is 13.7. The van der Waals surface area contributed by atoms with Gasteiger partial charge >= 0.3 is 6.18 Å². The Morgan fingerprint density at radius 2 is 2.20 bits per heavy atom. The van der Waals surface area contributed by atoms with E-state index in [1.165, 1.54) is 0 Å². The Balaban J connectivity index is 2.84. The predicted molar refractivity (Wildman–Crippen MR) is 47.2 cm³/mol. The van der Waals surface area contributed by atoms with Gasteiger partial charge in [0.2, 0.25) is 5.95 Å². The summed E-state index contributed by atoms with van der Waals surface area (Å²) in [6, 6.07) is 0.392. The van der Waals surface area contributed by atoms with Crippen molar-refractivity contribution in [3.63, 3.8) is 0 Å². The predicted octanol–water partition coefficient (Wildman–Crippen LogP) is 1.29. The van der Waals surface area contributed by atoms with Crippen LogP contribution in [0.25, 0.3) is 0 Å². The third-order valence-electron chi connectivity index (χ3n) is 1.60. The Morgan fingerprint density at radius 1 is 1.53 bits per heavy atom. The smallest absolute Gasteiger partial charge is 0.394 e. The van der Waals surface area contributed by atoms with Gasteiger partial charge in [0.05, 0.1) is 6.61 Å². The van der Waals surface area contributed by atoms with Crippen LogP contribution in [0.3, 0.4) is 0 Å². The minimum atomic E-state index is -4.48. The standard InChI is InChI=1S/C8H10F3N3O/c1-5(4-15)13-7-12-3-2-6(14-7)8(9,10)11/h2-3,5,15H,4H2,1H3,(H,12,13,14)/t5-/m1/s1. The molecule has 0 saturated carbocycles. The number of rotatable bonds is 3. The molecule has 0 aliphatic heterocycles. The number of nitrogens with zero attached hydrogens (tertiary/aromatic N) is 2. The molecular weight excluding hydrogens is 211 g/mol. The highest BCUT2D eigenvalue weighted by Gasteiger charge is 2.32. The van der Waals surface area contributed by atoms with Crippen LogP contribution < -0.4 is 5.32 Å². The van der Waals surface area contributed by atoms with Gasteiger partial charge in [-0.25, -0.2) is 9.97 Å². The molecule has 1 atom stereocenters. The van der Waals surface area contributed by atoms with E-state index in [0.29, 0.717) is 0 Å². The second-order valence-electron chi connectivity index (χ2n) is 2.99. The fourth-order valence-electron chi connectivity index (χ4n) is 0.852. The minimum absolute atomic E-state index is 0.147. The number of anilines is 1. The minimum Gasteiger partial charge on any atom is -0.394 e. The molecule has 1 rings (SSSR count). The van der Waals surface area contributed by atoms with Gasteiger partial charge in [-0.2, -0.15) is 13.2 Å². The summed E-state index contributed by atoms with van der Waals surface area (Å²) >= 11 is 0. The quantitative estimate of drug-likeness (QED) is 0.807. The zero-order valence-electron chi connectivity index (χ0n) is 7.91. The first-order valence-electron chi connectivity index (χ1n) is 4.21. The van der Waals surface area contributed by atoms with Crippen LogP contribution in [0.4, 0.5) is 19.1 Å². The fourth-order valence-corrected chi connectivity index (χ4v) is 0.852. The van der Waals surface area contributed by atoms with Gasteiger partial charge in [0.15, 0.2) is 0 Å². The molecule has 0 aromatic carbocycles. The maximum Gasteiger partial charge on any atom is 0.433 e. The van der Waals surface area contributed by atoms with E-state index in [4.69, 9.17) is 5.11 Å². The highest BCUT2D eigenvalue weighted by atomic mass is 19.4.